The third kappa shape index (κ3) is 2.57. The van der Waals surface area contributed by atoms with Crippen LogP contribution in [0, 0.1) is 5.82 Å². The second kappa shape index (κ2) is 5.72. The Hall–Kier alpha value is -1.30. The molecule has 2 aromatic heterocycles. The Bertz CT molecular complexity index is 846. The van der Waals surface area contributed by atoms with Crippen LogP contribution in [0.2, 0.25) is 0 Å². The normalized spacial score (nSPS) is 15.2. The average molecular weight is 377 g/mol. The maximum Gasteiger partial charge on any atom is 0.123 e. The zero-order valence-corrected chi connectivity index (χ0v) is 14.3. The van der Waals surface area contributed by atoms with Crippen LogP contribution in [0.3, 0.4) is 0 Å². The summed E-state index contributed by atoms with van der Waals surface area (Å²) in [4.78, 5) is 8.00. The molecule has 0 bridgehead atoms. The molecule has 3 aromatic rings. The van der Waals surface area contributed by atoms with Gasteiger partial charge in [0.2, 0.25) is 0 Å². The Morgan fingerprint density at radius 3 is 3.09 bits per heavy atom. The molecule has 5 heteroatoms. The number of thiophene rings is 1. The van der Waals surface area contributed by atoms with Gasteiger partial charge in [-0.2, -0.15) is 0 Å². The van der Waals surface area contributed by atoms with Gasteiger partial charge in [0.05, 0.1) is 0 Å². The molecule has 0 N–H and O–H groups in total. The highest BCUT2D eigenvalue weighted by molar-refractivity contribution is 9.10. The van der Waals surface area contributed by atoms with Gasteiger partial charge in [0, 0.05) is 46.1 Å². The van der Waals surface area contributed by atoms with Crippen LogP contribution in [0.1, 0.15) is 16.0 Å². The highest BCUT2D eigenvalue weighted by Gasteiger charge is 2.21. The number of hydrogen-bond acceptors (Lipinski definition) is 3. The number of pyridine rings is 1. The van der Waals surface area contributed by atoms with Crippen molar-refractivity contribution in [1.29, 1.82) is 0 Å². The van der Waals surface area contributed by atoms with Gasteiger partial charge in [-0.3, -0.25) is 9.88 Å². The number of benzene rings is 1. The monoisotopic (exact) mass is 376 g/mol. The van der Waals surface area contributed by atoms with Crippen LogP contribution in [0.15, 0.2) is 41.1 Å². The van der Waals surface area contributed by atoms with Gasteiger partial charge >= 0.3 is 0 Å². The Labute approximate surface area is 140 Å². The van der Waals surface area contributed by atoms with E-state index in [0.717, 1.165) is 35.9 Å². The minimum atomic E-state index is -0.144. The molecule has 22 heavy (non-hydrogen) atoms. The fourth-order valence-electron chi connectivity index (χ4n) is 3.03. The average Bonchev–Trinajstić information content (AvgIpc) is 2.87. The maximum absolute atomic E-state index is 13.5. The summed E-state index contributed by atoms with van der Waals surface area (Å²) in [6.45, 7) is 2.81. The lowest BCUT2D eigenvalue weighted by molar-refractivity contribution is 0.248. The van der Waals surface area contributed by atoms with Gasteiger partial charge in [-0.15, -0.1) is 11.3 Å². The van der Waals surface area contributed by atoms with Gasteiger partial charge in [0.15, 0.2) is 0 Å². The largest absolute Gasteiger partial charge is 0.294 e. The first kappa shape index (κ1) is 14.3. The van der Waals surface area contributed by atoms with E-state index in [1.54, 1.807) is 29.7 Å². The van der Waals surface area contributed by atoms with Crippen LogP contribution in [-0.2, 0) is 19.5 Å². The first-order valence-electron chi connectivity index (χ1n) is 7.21. The predicted molar refractivity (Wildman–Crippen MR) is 91.5 cm³/mol. The van der Waals surface area contributed by atoms with Gasteiger partial charge in [-0.1, -0.05) is 15.9 Å². The van der Waals surface area contributed by atoms with Crippen molar-refractivity contribution in [2.24, 2.45) is 0 Å². The summed E-state index contributed by atoms with van der Waals surface area (Å²) in [5.74, 6) is -0.144. The van der Waals surface area contributed by atoms with Crippen LogP contribution < -0.4 is 0 Å². The first-order valence-corrected chi connectivity index (χ1v) is 8.82. The molecule has 2 nitrogen and oxygen atoms in total. The van der Waals surface area contributed by atoms with Crippen molar-refractivity contribution >= 4 is 37.4 Å². The molecule has 3 heterocycles. The van der Waals surface area contributed by atoms with E-state index in [1.807, 2.05) is 18.3 Å². The molecule has 0 unspecified atom stereocenters. The Morgan fingerprint density at radius 2 is 2.23 bits per heavy atom. The van der Waals surface area contributed by atoms with Crippen LogP contribution >= 0.6 is 27.3 Å². The zero-order valence-electron chi connectivity index (χ0n) is 11.9. The Morgan fingerprint density at radius 1 is 1.32 bits per heavy atom. The third-order valence-electron chi connectivity index (χ3n) is 4.12. The molecule has 1 aromatic carbocycles. The number of halogens is 2. The van der Waals surface area contributed by atoms with E-state index >= 15 is 0 Å². The molecular weight excluding hydrogens is 363 g/mol. The summed E-state index contributed by atoms with van der Waals surface area (Å²) in [6, 6.07) is 7.11. The van der Waals surface area contributed by atoms with E-state index in [9.17, 15) is 4.39 Å². The third-order valence-corrected chi connectivity index (χ3v) is 6.09. The quantitative estimate of drug-likeness (QED) is 0.641. The van der Waals surface area contributed by atoms with Crippen molar-refractivity contribution in [3.05, 3.63) is 63.0 Å². The van der Waals surface area contributed by atoms with Gasteiger partial charge in [-0.05, 0) is 47.2 Å². The molecule has 0 amide bonds. The summed E-state index contributed by atoms with van der Waals surface area (Å²) in [5.41, 5.74) is 2.54. The summed E-state index contributed by atoms with van der Waals surface area (Å²) < 4.78 is 15.8. The molecule has 1 aliphatic rings. The van der Waals surface area contributed by atoms with Crippen LogP contribution in [0.4, 0.5) is 4.39 Å². The number of rotatable bonds is 2. The lowest BCUT2D eigenvalue weighted by atomic mass is 10.0. The van der Waals surface area contributed by atoms with E-state index in [0.29, 0.717) is 0 Å². The van der Waals surface area contributed by atoms with E-state index in [4.69, 9.17) is 0 Å². The fourth-order valence-corrected chi connectivity index (χ4v) is 4.65. The number of aromatic nitrogens is 1. The van der Waals surface area contributed by atoms with Gasteiger partial charge < -0.3 is 0 Å². The van der Waals surface area contributed by atoms with Crippen molar-refractivity contribution < 1.29 is 4.39 Å². The molecule has 4 rings (SSSR count). The maximum atomic E-state index is 13.5. The highest BCUT2D eigenvalue weighted by Crippen LogP contribution is 2.36. The van der Waals surface area contributed by atoms with E-state index < -0.39 is 0 Å². The van der Waals surface area contributed by atoms with Crippen molar-refractivity contribution in [3.63, 3.8) is 0 Å². The number of fused-ring (bicyclic) bond motifs is 3. The van der Waals surface area contributed by atoms with Crippen molar-refractivity contribution in [3.8, 4) is 0 Å². The standard InChI is InChI=1S/C17H14BrFN2S/c18-15-3-5-20-8-11(15)9-21-6-4-13-14-7-12(19)1-2-16(14)22-17(13)10-21/h1-3,5,7-8H,4,6,9-10H2. The van der Waals surface area contributed by atoms with E-state index in [1.165, 1.54) is 20.7 Å². The molecule has 112 valence electrons. The smallest absolute Gasteiger partial charge is 0.123 e. The summed E-state index contributed by atoms with van der Waals surface area (Å²) in [6.07, 6.45) is 4.69. The zero-order chi connectivity index (χ0) is 15.1. The van der Waals surface area contributed by atoms with Crippen molar-refractivity contribution in [2.75, 3.05) is 6.54 Å². The summed E-state index contributed by atoms with van der Waals surface area (Å²) in [5, 5.41) is 1.10. The van der Waals surface area contributed by atoms with Crippen LogP contribution in [0.25, 0.3) is 10.1 Å². The molecule has 0 aliphatic carbocycles. The van der Waals surface area contributed by atoms with Gasteiger partial charge in [0.1, 0.15) is 5.82 Å². The second-order valence-corrected chi connectivity index (χ2v) is 7.56. The van der Waals surface area contributed by atoms with Gasteiger partial charge in [0.25, 0.3) is 0 Å². The topological polar surface area (TPSA) is 16.1 Å². The van der Waals surface area contributed by atoms with Crippen molar-refractivity contribution in [2.45, 2.75) is 19.5 Å². The summed E-state index contributed by atoms with van der Waals surface area (Å²) >= 11 is 5.38. The molecule has 0 saturated heterocycles. The summed E-state index contributed by atoms with van der Waals surface area (Å²) in [7, 11) is 0. The van der Waals surface area contributed by atoms with Crippen molar-refractivity contribution in [1.82, 2.24) is 9.88 Å². The minimum absolute atomic E-state index is 0.144. The van der Waals surface area contributed by atoms with E-state index in [2.05, 4.69) is 25.8 Å². The van der Waals surface area contributed by atoms with Gasteiger partial charge in [-0.25, -0.2) is 4.39 Å². The molecular formula is C17H14BrFN2S. The SMILES string of the molecule is Fc1ccc2sc3c(c2c1)CCN(Cc1cnccc1Br)C3. The highest BCUT2D eigenvalue weighted by atomic mass is 79.9. The van der Waals surface area contributed by atoms with Crippen LogP contribution in [-0.4, -0.2) is 16.4 Å². The van der Waals surface area contributed by atoms with E-state index in [-0.39, 0.29) is 5.82 Å². The molecule has 0 saturated carbocycles. The Kier molecular flexibility index (Phi) is 3.72. The molecule has 0 atom stereocenters. The van der Waals surface area contributed by atoms with Crippen LogP contribution in [0.5, 0.6) is 0 Å². The molecule has 1 aliphatic heterocycles. The molecule has 0 fully saturated rings. The molecule has 0 spiro atoms. The lowest BCUT2D eigenvalue weighted by Crippen LogP contribution is -2.29. The predicted octanol–water partition coefficient (Wildman–Crippen LogP) is 4.76. The Balaban J connectivity index is 1.62. The first-order chi connectivity index (χ1) is 10.7. The number of hydrogen-bond donors (Lipinski definition) is 0. The minimum Gasteiger partial charge on any atom is -0.294 e. The second-order valence-electron chi connectivity index (χ2n) is 5.57. The molecule has 0 radical (unpaired) electrons. The lowest BCUT2D eigenvalue weighted by Gasteiger charge is -2.27. The fraction of sp³-hybridized carbons (Fsp3) is 0.235. The number of nitrogens with zero attached hydrogens (tertiary/aromatic N) is 2.